The molecule has 2 fully saturated rings. The average molecular weight is 316 g/mol. The molecule has 0 aliphatic heterocycles. The monoisotopic (exact) mass is 316 g/mol. The van der Waals surface area contributed by atoms with Gasteiger partial charge in [0.25, 0.3) is 0 Å². The van der Waals surface area contributed by atoms with E-state index in [0.29, 0.717) is 0 Å². The van der Waals surface area contributed by atoms with E-state index in [9.17, 15) is 0 Å². The number of aromatic nitrogens is 1. The lowest BCUT2D eigenvalue weighted by Crippen LogP contribution is -2.31. The minimum atomic E-state index is 0.752. The molecule has 4 nitrogen and oxygen atoms in total. The molecule has 1 heterocycles. The van der Waals surface area contributed by atoms with Crippen LogP contribution in [0.5, 0.6) is 0 Å². The van der Waals surface area contributed by atoms with E-state index in [0.717, 1.165) is 36.3 Å². The molecule has 2 aliphatic rings. The number of fused-ring (bicyclic) bond motifs is 1. The Labute approximate surface area is 141 Å². The van der Waals surface area contributed by atoms with Gasteiger partial charge in [0.15, 0.2) is 0 Å². The van der Waals surface area contributed by atoms with Crippen molar-refractivity contribution in [1.82, 2.24) is 14.8 Å². The molecular weight excluding hydrogens is 284 g/mol. The summed E-state index contributed by atoms with van der Waals surface area (Å²) in [6.07, 6.45) is 7.61. The third kappa shape index (κ3) is 3.69. The van der Waals surface area contributed by atoms with Crippen LogP contribution in [0.25, 0.3) is 0 Å². The second kappa shape index (κ2) is 6.78. The highest BCUT2D eigenvalue weighted by Gasteiger charge is 2.43. The molecule has 3 rings (SSSR count). The molecule has 2 aliphatic carbocycles. The SMILES string of the molecule is CN(C)c1ccc(CN(C)C2C[C@H]3CC(N(C)C)C[C@H]3C2)cn1. The molecule has 0 amide bonds. The van der Waals surface area contributed by atoms with Crippen LogP contribution in [-0.2, 0) is 6.54 Å². The van der Waals surface area contributed by atoms with Gasteiger partial charge < -0.3 is 9.80 Å². The Bertz CT molecular complexity index is 497. The van der Waals surface area contributed by atoms with Gasteiger partial charge in [0.2, 0.25) is 0 Å². The van der Waals surface area contributed by atoms with E-state index in [1.165, 1.54) is 31.2 Å². The largest absolute Gasteiger partial charge is 0.363 e. The summed E-state index contributed by atoms with van der Waals surface area (Å²) in [5.41, 5.74) is 1.32. The zero-order valence-corrected chi connectivity index (χ0v) is 15.4. The molecule has 0 saturated heterocycles. The fraction of sp³-hybridized carbons (Fsp3) is 0.737. The molecule has 0 spiro atoms. The van der Waals surface area contributed by atoms with Crippen molar-refractivity contribution in [3.05, 3.63) is 23.9 Å². The molecule has 2 saturated carbocycles. The molecule has 0 radical (unpaired) electrons. The van der Waals surface area contributed by atoms with Crippen molar-refractivity contribution in [1.29, 1.82) is 0 Å². The van der Waals surface area contributed by atoms with Crippen molar-refractivity contribution in [2.75, 3.05) is 40.1 Å². The molecule has 0 bridgehead atoms. The number of hydrogen-bond acceptors (Lipinski definition) is 4. The van der Waals surface area contributed by atoms with Crippen LogP contribution in [0.2, 0.25) is 0 Å². The molecule has 128 valence electrons. The number of nitrogens with zero attached hydrogens (tertiary/aromatic N) is 4. The Morgan fingerprint density at radius 3 is 2.00 bits per heavy atom. The normalized spacial score (nSPS) is 30.2. The Kier molecular flexibility index (Phi) is 4.93. The maximum Gasteiger partial charge on any atom is 0.127 e. The minimum absolute atomic E-state index is 0.752. The van der Waals surface area contributed by atoms with Gasteiger partial charge in [-0.25, -0.2) is 4.98 Å². The summed E-state index contributed by atoms with van der Waals surface area (Å²) in [6.45, 7) is 1.02. The summed E-state index contributed by atoms with van der Waals surface area (Å²) >= 11 is 0. The van der Waals surface area contributed by atoms with E-state index in [1.54, 1.807) is 0 Å². The fourth-order valence-corrected chi connectivity index (χ4v) is 4.53. The summed E-state index contributed by atoms with van der Waals surface area (Å²) < 4.78 is 0. The second-order valence-electron chi connectivity index (χ2n) is 8.07. The Hall–Kier alpha value is -1.13. The van der Waals surface area contributed by atoms with Crippen molar-refractivity contribution < 1.29 is 0 Å². The second-order valence-corrected chi connectivity index (χ2v) is 8.07. The van der Waals surface area contributed by atoms with E-state index in [-0.39, 0.29) is 0 Å². The van der Waals surface area contributed by atoms with Gasteiger partial charge in [-0.1, -0.05) is 6.07 Å². The van der Waals surface area contributed by atoms with E-state index < -0.39 is 0 Å². The number of rotatable bonds is 5. The molecule has 2 unspecified atom stereocenters. The molecular formula is C19H32N4. The summed E-state index contributed by atoms with van der Waals surface area (Å²) in [6, 6.07) is 5.91. The quantitative estimate of drug-likeness (QED) is 0.833. The van der Waals surface area contributed by atoms with Crippen LogP contribution in [0, 0.1) is 11.8 Å². The number of hydrogen-bond donors (Lipinski definition) is 0. The molecule has 4 atom stereocenters. The van der Waals surface area contributed by atoms with E-state index in [1.807, 2.05) is 25.2 Å². The first-order valence-corrected chi connectivity index (χ1v) is 8.93. The molecule has 4 heteroatoms. The van der Waals surface area contributed by atoms with Gasteiger partial charge in [-0.3, -0.25) is 4.90 Å². The number of pyridine rings is 1. The van der Waals surface area contributed by atoms with E-state index >= 15 is 0 Å². The lowest BCUT2D eigenvalue weighted by atomic mass is 10.0. The summed E-state index contributed by atoms with van der Waals surface area (Å²) in [5.74, 6) is 2.93. The third-order valence-electron chi connectivity index (χ3n) is 6.02. The van der Waals surface area contributed by atoms with Crippen LogP contribution in [-0.4, -0.2) is 62.1 Å². The predicted octanol–water partition coefficient (Wildman–Crippen LogP) is 2.70. The Morgan fingerprint density at radius 2 is 1.52 bits per heavy atom. The highest BCUT2D eigenvalue weighted by molar-refractivity contribution is 5.37. The van der Waals surface area contributed by atoms with Crippen LogP contribution in [0.3, 0.4) is 0 Å². The summed E-state index contributed by atoms with van der Waals surface area (Å²) in [7, 11) is 10.8. The van der Waals surface area contributed by atoms with Gasteiger partial charge in [0, 0.05) is 38.9 Å². The molecule has 1 aromatic rings. The standard InChI is InChI=1S/C19H32N4/c1-21(2)17-8-15-10-18(11-16(15)9-17)23(5)13-14-6-7-19(20-12-14)22(3)4/h6-7,12,15-18H,8-11,13H2,1-5H3/t15-,16+,17?,18?. The maximum atomic E-state index is 4.54. The Balaban J connectivity index is 1.53. The van der Waals surface area contributed by atoms with E-state index in [2.05, 4.69) is 48.1 Å². The average Bonchev–Trinajstić information content (AvgIpc) is 3.06. The lowest BCUT2D eigenvalue weighted by molar-refractivity contribution is 0.212. The minimum Gasteiger partial charge on any atom is -0.363 e. The first-order valence-electron chi connectivity index (χ1n) is 8.93. The smallest absolute Gasteiger partial charge is 0.127 e. The van der Waals surface area contributed by atoms with Crippen LogP contribution in [0.1, 0.15) is 31.2 Å². The van der Waals surface area contributed by atoms with Crippen molar-refractivity contribution >= 4 is 5.82 Å². The van der Waals surface area contributed by atoms with Crippen LogP contribution in [0.15, 0.2) is 18.3 Å². The molecule has 0 N–H and O–H groups in total. The van der Waals surface area contributed by atoms with Gasteiger partial charge in [-0.15, -0.1) is 0 Å². The maximum absolute atomic E-state index is 4.54. The summed E-state index contributed by atoms with van der Waals surface area (Å²) in [4.78, 5) is 11.6. The topological polar surface area (TPSA) is 22.6 Å². The van der Waals surface area contributed by atoms with Gasteiger partial charge in [-0.05, 0) is 70.3 Å². The van der Waals surface area contributed by atoms with E-state index in [4.69, 9.17) is 0 Å². The fourth-order valence-electron chi connectivity index (χ4n) is 4.53. The van der Waals surface area contributed by atoms with Gasteiger partial charge in [-0.2, -0.15) is 0 Å². The molecule has 0 aromatic carbocycles. The van der Waals surface area contributed by atoms with Crippen molar-refractivity contribution in [3.63, 3.8) is 0 Å². The van der Waals surface area contributed by atoms with Gasteiger partial charge in [0.05, 0.1) is 0 Å². The first-order chi connectivity index (χ1) is 10.9. The van der Waals surface area contributed by atoms with Crippen LogP contribution >= 0.6 is 0 Å². The first kappa shape index (κ1) is 16.7. The zero-order chi connectivity index (χ0) is 16.6. The van der Waals surface area contributed by atoms with Crippen molar-refractivity contribution in [3.8, 4) is 0 Å². The lowest BCUT2D eigenvalue weighted by Gasteiger charge is -2.27. The highest BCUT2D eigenvalue weighted by Crippen LogP contribution is 2.46. The van der Waals surface area contributed by atoms with Crippen molar-refractivity contribution in [2.45, 2.75) is 44.3 Å². The van der Waals surface area contributed by atoms with Crippen molar-refractivity contribution in [2.24, 2.45) is 11.8 Å². The third-order valence-corrected chi connectivity index (χ3v) is 6.02. The van der Waals surface area contributed by atoms with Crippen LogP contribution in [0.4, 0.5) is 5.82 Å². The van der Waals surface area contributed by atoms with Gasteiger partial charge in [0.1, 0.15) is 5.82 Å². The number of anilines is 1. The summed E-state index contributed by atoms with van der Waals surface area (Å²) in [5, 5.41) is 0. The highest BCUT2D eigenvalue weighted by atomic mass is 15.1. The van der Waals surface area contributed by atoms with Gasteiger partial charge >= 0.3 is 0 Å². The predicted molar refractivity (Wildman–Crippen MR) is 96.7 cm³/mol. The Morgan fingerprint density at radius 1 is 0.913 bits per heavy atom. The zero-order valence-electron chi connectivity index (χ0n) is 15.4. The molecule has 1 aromatic heterocycles. The molecule has 23 heavy (non-hydrogen) atoms. The van der Waals surface area contributed by atoms with Crippen LogP contribution < -0.4 is 4.90 Å².